The van der Waals surface area contributed by atoms with Gasteiger partial charge in [0, 0.05) is 17.3 Å². The molecule has 1 heterocycles. The van der Waals surface area contributed by atoms with Gasteiger partial charge in [-0.1, -0.05) is 28.1 Å². The van der Waals surface area contributed by atoms with Crippen molar-refractivity contribution in [2.75, 3.05) is 23.3 Å². The molecule has 1 aromatic carbocycles. The molecule has 2 rings (SSSR count). The molecule has 6 heteroatoms. The highest BCUT2D eigenvalue weighted by atomic mass is 79.9. The summed E-state index contributed by atoms with van der Waals surface area (Å²) in [4.78, 5) is 9.84. The largest absolute Gasteiger partial charge is 0.349 e. The minimum atomic E-state index is -2.39. The van der Waals surface area contributed by atoms with Crippen molar-refractivity contribution in [3.05, 3.63) is 30.6 Å². The van der Waals surface area contributed by atoms with Gasteiger partial charge in [0.15, 0.2) is 0 Å². The van der Waals surface area contributed by atoms with Crippen molar-refractivity contribution >= 4 is 32.7 Å². The van der Waals surface area contributed by atoms with Crippen LogP contribution in [0.15, 0.2) is 30.6 Å². The van der Waals surface area contributed by atoms with Gasteiger partial charge in [0.1, 0.15) is 12.1 Å². The van der Waals surface area contributed by atoms with E-state index in [0.717, 1.165) is 10.9 Å². The molecule has 96 valence electrons. The Bertz CT molecular complexity index is 516. The second kappa shape index (κ2) is 6.04. The quantitative estimate of drug-likeness (QED) is 0.794. The van der Waals surface area contributed by atoms with E-state index < -0.39 is 6.43 Å². The molecule has 0 atom stereocenters. The summed E-state index contributed by atoms with van der Waals surface area (Å²) < 4.78 is 25.2. The fraction of sp³-hybridized carbons (Fsp3) is 0.333. The molecule has 0 radical (unpaired) electrons. The number of para-hydroxylation sites is 1. The van der Waals surface area contributed by atoms with Crippen LogP contribution in [0, 0.1) is 0 Å². The average molecular weight is 316 g/mol. The number of anilines is 1. The van der Waals surface area contributed by atoms with E-state index >= 15 is 0 Å². The van der Waals surface area contributed by atoms with Crippen LogP contribution in [0.3, 0.4) is 0 Å². The molecule has 0 spiro atoms. The summed E-state index contributed by atoms with van der Waals surface area (Å²) in [5.41, 5.74) is 0.760. The molecule has 0 unspecified atom stereocenters. The van der Waals surface area contributed by atoms with E-state index in [4.69, 9.17) is 0 Å². The summed E-state index contributed by atoms with van der Waals surface area (Å²) in [6, 6.07) is 7.40. The van der Waals surface area contributed by atoms with Gasteiger partial charge in [-0.25, -0.2) is 18.7 Å². The summed E-state index contributed by atoms with van der Waals surface area (Å²) in [5, 5.41) is 1.40. The second-order valence-electron chi connectivity index (χ2n) is 3.74. The molecule has 0 saturated heterocycles. The number of alkyl halides is 3. The highest BCUT2D eigenvalue weighted by Crippen LogP contribution is 2.23. The van der Waals surface area contributed by atoms with Crippen LogP contribution in [-0.2, 0) is 0 Å². The number of rotatable bonds is 5. The Morgan fingerprint density at radius 2 is 2.00 bits per heavy atom. The lowest BCUT2D eigenvalue weighted by Gasteiger charge is -2.23. The zero-order chi connectivity index (χ0) is 13.0. The van der Waals surface area contributed by atoms with Gasteiger partial charge >= 0.3 is 0 Å². The first-order chi connectivity index (χ1) is 8.72. The number of aromatic nitrogens is 2. The number of nitrogens with zero attached hydrogens (tertiary/aromatic N) is 3. The zero-order valence-corrected chi connectivity index (χ0v) is 11.1. The first kappa shape index (κ1) is 13.1. The fourth-order valence-corrected chi connectivity index (χ4v) is 2.22. The summed E-state index contributed by atoms with van der Waals surface area (Å²) in [5.74, 6) is 0.556. The third-order valence-electron chi connectivity index (χ3n) is 2.53. The molecule has 0 fully saturated rings. The lowest BCUT2D eigenvalue weighted by molar-refractivity contribution is 0.155. The molecule has 3 nitrogen and oxygen atoms in total. The van der Waals surface area contributed by atoms with E-state index in [1.54, 1.807) is 4.90 Å². The van der Waals surface area contributed by atoms with Crippen molar-refractivity contribution in [2.45, 2.75) is 6.43 Å². The van der Waals surface area contributed by atoms with E-state index in [1.165, 1.54) is 6.33 Å². The van der Waals surface area contributed by atoms with Crippen LogP contribution in [-0.4, -0.2) is 34.8 Å². The maximum Gasteiger partial charge on any atom is 0.255 e. The van der Waals surface area contributed by atoms with Crippen LogP contribution >= 0.6 is 15.9 Å². The first-order valence-corrected chi connectivity index (χ1v) is 6.63. The normalized spacial score (nSPS) is 11.1. The lowest BCUT2D eigenvalue weighted by atomic mass is 10.2. The predicted molar refractivity (Wildman–Crippen MR) is 71.5 cm³/mol. The molecule has 1 aromatic heterocycles. The molecular weight excluding hydrogens is 304 g/mol. The highest BCUT2D eigenvalue weighted by molar-refractivity contribution is 9.09. The van der Waals surface area contributed by atoms with Crippen LogP contribution in [0.5, 0.6) is 0 Å². The van der Waals surface area contributed by atoms with Gasteiger partial charge in [0.05, 0.1) is 12.1 Å². The summed E-state index contributed by atoms with van der Waals surface area (Å²) >= 11 is 3.27. The minimum absolute atomic E-state index is 0.327. The summed E-state index contributed by atoms with van der Waals surface area (Å²) in [6.07, 6.45) is -0.984. The lowest BCUT2D eigenvalue weighted by Crippen LogP contribution is -2.31. The predicted octanol–water partition coefficient (Wildman–Crippen LogP) is 3.10. The molecule has 0 saturated carbocycles. The number of fused-ring (bicyclic) bond motifs is 1. The van der Waals surface area contributed by atoms with Crippen LogP contribution in [0.1, 0.15) is 0 Å². The van der Waals surface area contributed by atoms with E-state index in [2.05, 4.69) is 25.9 Å². The van der Waals surface area contributed by atoms with Gasteiger partial charge in [-0.3, -0.25) is 0 Å². The number of hydrogen-bond donors (Lipinski definition) is 0. The third-order valence-corrected chi connectivity index (χ3v) is 2.89. The number of benzene rings is 1. The van der Waals surface area contributed by atoms with E-state index in [9.17, 15) is 8.78 Å². The highest BCUT2D eigenvalue weighted by Gasteiger charge is 2.16. The Balaban J connectivity index is 2.43. The summed E-state index contributed by atoms with van der Waals surface area (Å²) in [7, 11) is 0. The SMILES string of the molecule is FC(F)CN(CCBr)c1ncnc2ccccc12. The van der Waals surface area contributed by atoms with Gasteiger partial charge in [-0.2, -0.15) is 0 Å². The van der Waals surface area contributed by atoms with E-state index in [1.807, 2.05) is 24.3 Å². The maximum absolute atomic E-state index is 12.6. The van der Waals surface area contributed by atoms with Crippen LogP contribution < -0.4 is 4.90 Å². The molecule has 2 aromatic rings. The fourth-order valence-electron chi connectivity index (χ4n) is 1.79. The zero-order valence-electron chi connectivity index (χ0n) is 9.56. The van der Waals surface area contributed by atoms with Crippen molar-refractivity contribution in [2.24, 2.45) is 0 Å². The molecule has 0 aliphatic rings. The Labute approximate surface area is 112 Å². The Kier molecular flexibility index (Phi) is 4.41. The van der Waals surface area contributed by atoms with Gasteiger partial charge < -0.3 is 4.90 Å². The van der Waals surface area contributed by atoms with Crippen molar-refractivity contribution in [1.82, 2.24) is 9.97 Å². The third kappa shape index (κ3) is 2.93. The molecule has 0 aliphatic heterocycles. The van der Waals surface area contributed by atoms with Crippen molar-refractivity contribution in [3.8, 4) is 0 Å². The monoisotopic (exact) mass is 315 g/mol. The van der Waals surface area contributed by atoms with Gasteiger partial charge in [-0.05, 0) is 12.1 Å². The van der Waals surface area contributed by atoms with Crippen LogP contribution in [0.4, 0.5) is 14.6 Å². The average Bonchev–Trinajstić information content (AvgIpc) is 2.37. The van der Waals surface area contributed by atoms with Gasteiger partial charge in [-0.15, -0.1) is 0 Å². The topological polar surface area (TPSA) is 29.0 Å². The Hall–Kier alpha value is -1.30. The Morgan fingerprint density at radius 3 is 2.72 bits per heavy atom. The second-order valence-corrected chi connectivity index (χ2v) is 4.53. The van der Waals surface area contributed by atoms with Crippen molar-refractivity contribution in [1.29, 1.82) is 0 Å². The molecule has 0 bridgehead atoms. The Morgan fingerprint density at radius 1 is 1.22 bits per heavy atom. The number of halogens is 3. The van der Waals surface area contributed by atoms with Crippen molar-refractivity contribution in [3.63, 3.8) is 0 Å². The van der Waals surface area contributed by atoms with Gasteiger partial charge in [0.25, 0.3) is 6.43 Å². The van der Waals surface area contributed by atoms with E-state index in [0.29, 0.717) is 17.7 Å². The molecular formula is C12H12BrF2N3. The summed E-state index contributed by atoms with van der Waals surface area (Å²) in [6.45, 7) is 0.151. The standard InChI is InChI=1S/C12H12BrF2N3/c13-5-6-18(7-11(14)15)12-9-3-1-2-4-10(9)16-8-17-12/h1-4,8,11H,5-7H2. The van der Waals surface area contributed by atoms with E-state index in [-0.39, 0.29) is 6.54 Å². The molecule has 0 N–H and O–H groups in total. The smallest absolute Gasteiger partial charge is 0.255 e. The minimum Gasteiger partial charge on any atom is -0.349 e. The first-order valence-electron chi connectivity index (χ1n) is 5.51. The van der Waals surface area contributed by atoms with Crippen LogP contribution in [0.2, 0.25) is 0 Å². The van der Waals surface area contributed by atoms with Gasteiger partial charge in [0.2, 0.25) is 0 Å². The molecule has 0 aliphatic carbocycles. The van der Waals surface area contributed by atoms with Crippen LogP contribution in [0.25, 0.3) is 10.9 Å². The maximum atomic E-state index is 12.6. The molecule has 0 amide bonds. The molecule has 18 heavy (non-hydrogen) atoms. The van der Waals surface area contributed by atoms with Crippen molar-refractivity contribution < 1.29 is 8.78 Å². The number of hydrogen-bond acceptors (Lipinski definition) is 3.